The van der Waals surface area contributed by atoms with E-state index < -0.39 is 11.8 Å². The zero-order chi connectivity index (χ0) is 17.8. The summed E-state index contributed by atoms with van der Waals surface area (Å²) < 4.78 is 35.8. The van der Waals surface area contributed by atoms with Crippen LogP contribution in [-0.4, -0.2) is 19.4 Å². The van der Waals surface area contributed by atoms with E-state index in [4.69, 9.17) is 18.9 Å². The van der Waals surface area contributed by atoms with E-state index >= 15 is 0 Å². The van der Waals surface area contributed by atoms with Gasteiger partial charge in [0.1, 0.15) is 22.9 Å². The third-order valence-corrected chi connectivity index (χ3v) is 3.55. The minimum Gasteiger partial charge on any atom is -0.462 e. The first kappa shape index (κ1) is 16.8. The predicted molar refractivity (Wildman–Crippen MR) is 89.7 cm³/mol. The average Bonchev–Trinajstić information content (AvgIpc) is 3.06. The molecule has 0 saturated carbocycles. The summed E-state index contributed by atoms with van der Waals surface area (Å²) in [7, 11) is 0. The van der Waals surface area contributed by atoms with Crippen molar-refractivity contribution in [3.05, 3.63) is 53.4 Å². The summed E-state index contributed by atoms with van der Waals surface area (Å²) in [6.45, 7) is 3.77. The Morgan fingerprint density at radius 2 is 2.08 bits per heavy atom. The highest BCUT2D eigenvalue weighted by molar-refractivity contribution is 5.93. The molecule has 0 atom stereocenters. The van der Waals surface area contributed by atoms with Crippen LogP contribution >= 0.6 is 0 Å². The maximum absolute atomic E-state index is 14.2. The number of halogens is 1. The lowest BCUT2D eigenvalue weighted by atomic mass is 10.1. The van der Waals surface area contributed by atoms with Gasteiger partial charge in [0, 0.05) is 0 Å². The molecule has 2 aromatic rings. The van der Waals surface area contributed by atoms with Crippen LogP contribution in [0.3, 0.4) is 0 Å². The Hall–Kier alpha value is -3.02. The van der Waals surface area contributed by atoms with Gasteiger partial charge in [-0.3, -0.25) is 0 Å². The van der Waals surface area contributed by atoms with Crippen LogP contribution in [0.1, 0.15) is 29.8 Å². The number of benzene rings is 2. The third kappa shape index (κ3) is 3.28. The summed E-state index contributed by atoms with van der Waals surface area (Å²) in [6, 6.07) is 7.55. The van der Waals surface area contributed by atoms with Crippen molar-refractivity contribution in [2.75, 3.05) is 13.4 Å². The molecule has 0 aromatic heterocycles. The molecule has 0 spiro atoms. The van der Waals surface area contributed by atoms with Crippen molar-refractivity contribution in [3.63, 3.8) is 0 Å². The van der Waals surface area contributed by atoms with E-state index in [0.717, 1.165) is 0 Å². The second-order valence-electron chi connectivity index (χ2n) is 5.15. The molecule has 0 N–H and O–H groups in total. The minimum absolute atomic E-state index is 0.0723. The van der Waals surface area contributed by atoms with Gasteiger partial charge >= 0.3 is 5.97 Å². The number of hydrogen-bond donors (Lipinski definition) is 0. The number of esters is 1. The van der Waals surface area contributed by atoms with Gasteiger partial charge in [0.2, 0.25) is 6.79 Å². The molecule has 3 rings (SSSR count). The van der Waals surface area contributed by atoms with Crippen LogP contribution in [0.4, 0.5) is 4.39 Å². The number of rotatable bonds is 5. The smallest absolute Gasteiger partial charge is 0.344 e. The Morgan fingerprint density at radius 3 is 2.84 bits per heavy atom. The van der Waals surface area contributed by atoms with Gasteiger partial charge in [-0.1, -0.05) is 18.2 Å². The standard InChI is InChI=1S/C19H17FO5/c1-3-6-12-14(9-10-16-18(12)24-11-23-16)25-15-8-5-7-13(20)17(15)19(21)22-4-2/h3,5-10H,4,11H2,1-2H3. The number of carbonyl (C=O) groups is 1. The molecule has 0 aliphatic carbocycles. The average molecular weight is 344 g/mol. The molecular weight excluding hydrogens is 327 g/mol. The molecular formula is C19H17FO5. The summed E-state index contributed by atoms with van der Waals surface area (Å²) in [4.78, 5) is 12.1. The lowest BCUT2D eigenvalue weighted by molar-refractivity contribution is 0.0518. The van der Waals surface area contributed by atoms with E-state index in [1.54, 1.807) is 25.1 Å². The number of allylic oxidation sites excluding steroid dienone is 1. The van der Waals surface area contributed by atoms with Gasteiger partial charge in [-0.25, -0.2) is 9.18 Å². The van der Waals surface area contributed by atoms with Crippen LogP contribution in [0.15, 0.2) is 36.4 Å². The maximum atomic E-state index is 14.2. The summed E-state index contributed by atoms with van der Waals surface area (Å²) >= 11 is 0. The fraction of sp³-hybridized carbons (Fsp3) is 0.211. The van der Waals surface area contributed by atoms with Gasteiger partial charge in [-0.2, -0.15) is 0 Å². The molecule has 0 radical (unpaired) electrons. The number of fused-ring (bicyclic) bond motifs is 1. The van der Waals surface area contributed by atoms with E-state index in [-0.39, 0.29) is 24.7 Å². The van der Waals surface area contributed by atoms with E-state index in [9.17, 15) is 9.18 Å². The van der Waals surface area contributed by atoms with Crippen LogP contribution in [-0.2, 0) is 4.74 Å². The minimum atomic E-state index is -0.774. The van der Waals surface area contributed by atoms with Crippen LogP contribution in [0.2, 0.25) is 0 Å². The van der Waals surface area contributed by atoms with Gasteiger partial charge in [-0.05, 0) is 38.1 Å². The Bertz CT molecular complexity index is 829. The van der Waals surface area contributed by atoms with Crippen LogP contribution < -0.4 is 14.2 Å². The van der Waals surface area contributed by atoms with Gasteiger partial charge in [0.15, 0.2) is 11.5 Å². The summed E-state index contributed by atoms with van der Waals surface area (Å²) in [5.74, 6) is 0.157. The largest absolute Gasteiger partial charge is 0.462 e. The molecule has 1 aliphatic heterocycles. The zero-order valence-corrected chi connectivity index (χ0v) is 13.9. The second-order valence-corrected chi connectivity index (χ2v) is 5.15. The first-order chi connectivity index (χ1) is 12.2. The maximum Gasteiger partial charge on any atom is 0.344 e. The Balaban J connectivity index is 2.04. The van der Waals surface area contributed by atoms with Crippen molar-refractivity contribution in [2.24, 2.45) is 0 Å². The number of ether oxygens (including phenoxy) is 4. The number of carbonyl (C=O) groups excluding carboxylic acids is 1. The fourth-order valence-corrected chi connectivity index (χ4v) is 2.50. The lowest BCUT2D eigenvalue weighted by Gasteiger charge is -2.14. The van der Waals surface area contributed by atoms with Crippen molar-refractivity contribution >= 4 is 12.0 Å². The summed E-state index contributed by atoms with van der Waals surface area (Å²) in [5, 5.41) is 0. The Labute approximate surface area is 144 Å². The zero-order valence-electron chi connectivity index (χ0n) is 13.9. The SMILES string of the molecule is CC=Cc1c(Oc2cccc(F)c2C(=O)OCC)ccc2c1OCO2. The molecule has 6 heteroatoms. The fourth-order valence-electron chi connectivity index (χ4n) is 2.50. The Kier molecular flexibility index (Phi) is 4.88. The molecule has 5 nitrogen and oxygen atoms in total. The molecule has 0 unspecified atom stereocenters. The summed E-state index contributed by atoms with van der Waals surface area (Å²) in [6.07, 6.45) is 3.62. The number of hydrogen-bond acceptors (Lipinski definition) is 5. The molecule has 1 aliphatic rings. The molecule has 25 heavy (non-hydrogen) atoms. The monoisotopic (exact) mass is 344 g/mol. The van der Waals surface area contributed by atoms with Gasteiger partial charge in [0.05, 0.1) is 12.2 Å². The molecule has 1 heterocycles. The molecule has 0 saturated heterocycles. The lowest BCUT2D eigenvalue weighted by Crippen LogP contribution is -2.09. The van der Waals surface area contributed by atoms with E-state index in [1.165, 1.54) is 18.2 Å². The van der Waals surface area contributed by atoms with Crippen molar-refractivity contribution in [3.8, 4) is 23.0 Å². The van der Waals surface area contributed by atoms with Crippen LogP contribution in [0.5, 0.6) is 23.0 Å². The summed E-state index contributed by atoms with van der Waals surface area (Å²) in [5.41, 5.74) is 0.407. The quantitative estimate of drug-likeness (QED) is 0.745. The predicted octanol–water partition coefficient (Wildman–Crippen LogP) is 4.56. The van der Waals surface area contributed by atoms with E-state index in [0.29, 0.717) is 22.8 Å². The van der Waals surface area contributed by atoms with Crippen molar-refractivity contribution < 1.29 is 28.1 Å². The molecule has 0 bridgehead atoms. The van der Waals surface area contributed by atoms with Crippen molar-refractivity contribution in [2.45, 2.75) is 13.8 Å². The van der Waals surface area contributed by atoms with Gasteiger partial charge < -0.3 is 18.9 Å². The molecule has 2 aromatic carbocycles. The molecule has 0 fully saturated rings. The van der Waals surface area contributed by atoms with Gasteiger partial charge in [-0.15, -0.1) is 0 Å². The second kappa shape index (κ2) is 7.25. The van der Waals surface area contributed by atoms with Gasteiger partial charge in [0.25, 0.3) is 0 Å². The third-order valence-electron chi connectivity index (χ3n) is 3.55. The molecule has 0 amide bonds. The van der Waals surface area contributed by atoms with Crippen molar-refractivity contribution in [1.29, 1.82) is 0 Å². The first-order valence-corrected chi connectivity index (χ1v) is 7.84. The molecule has 130 valence electrons. The highest BCUT2D eigenvalue weighted by atomic mass is 19.1. The van der Waals surface area contributed by atoms with E-state index in [2.05, 4.69) is 0 Å². The Morgan fingerprint density at radius 1 is 1.24 bits per heavy atom. The highest BCUT2D eigenvalue weighted by Gasteiger charge is 2.23. The van der Waals surface area contributed by atoms with Crippen molar-refractivity contribution in [1.82, 2.24) is 0 Å². The van der Waals surface area contributed by atoms with E-state index in [1.807, 2.05) is 13.0 Å². The first-order valence-electron chi connectivity index (χ1n) is 7.84. The topological polar surface area (TPSA) is 54.0 Å². The van der Waals surface area contributed by atoms with Crippen LogP contribution in [0, 0.1) is 5.82 Å². The highest BCUT2D eigenvalue weighted by Crippen LogP contribution is 2.43. The van der Waals surface area contributed by atoms with Crippen LogP contribution in [0.25, 0.3) is 6.08 Å². The normalized spacial score (nSPS) is 12.4.